The third-order valence-electron chi connectivity index (χ3n) is 3.61. The molecule has 0 spiro atoms. The summed E-state index contributed by atoms with van der Waals surface area (Å²) in [7, 11) is 1.76. The first-order chi connectivity index (χ1) is 7.49. The van der Waals surface area contributed by atoms with Gasteiger partial charge in [-0.3, -0.25) is 4.79 Å². The first-order valence-corrected chi connectivity index (χ1v) is 6.45. The molecule has 0 aromatic carbocycles. The van der Waals surface area contributed by atoms with E-state index in [-0.39, 0.29) is 11.9 Å². The normalized spacial score (nSPS) is 21.5. The summed E-state index contributed by atoms with van der Waals surface area (Å²) in [6.45, 7) is 3.32. The van der Waals surface area contributed by atoms with Crippen LogP contribution in [0.5, 0.6) is 0 Å². The van der Waals surface area contributed by atoms with Crippen LogP contribution in [0.3, 0.4) is 0 Å². The van der Waals surface area contributed by atoms with Gasteiger partial charge in [0.15, 0.2) is 5.67 Å². The van der Waals surface area contributed by atoms with E-state index >= 15 is 0 Å². The zero-order valence-corrected chi connectivity index (χ0v) is 10.8. The second kappa shape index (κ2) is 5.65. The molecule has 1 saturated carbocycles. The van der Waals surface area contributed by atoms with Gasteiger partial charge in [-0.05, 0) is 26.2 Å². The maximum atomic E-state index is 14.1. The van der Waals surface area contributed by atoms with Gasteiger partial charge in [0.1, 0.15) is 0 Å². The molecule has 2 nitrogen and oxygen atoms in total. The zero-order chi connectivity index (χ0) is 12.2. The van der Waals surface area contributed by atoms with Crippen molar-refractivity contribution < 1.29 is 9.18 Å². The molecule has 94 valence electrons. The van der Waals surface area contributed by atoms with Crippen LogP contribution in [0.1, 0.15) is 58.8 Å². The van der Waals surface area contributed by atoms with Crippen LogP contribution in [0.2, 0.25) is 0 Å². The highest BCUT2D eigenvalue weighted by atomic mass is 19.1. The van der Waals surface area contributed by atoms with Crippen molar-refractivity contribution in [3.05, 3.63) is 0 Å². The summed E-state index contributed by atoms with van der Waals surface area (Å²) in [6, 6.07) is 0.258. The molecule has 1 aliphatic carbocycles. The van der Waals surface area contributed by atoms with Crippen molar-refractivity contribution in [2.24, 2.45) is 0 Å². The quantitative estimate of drug-likeness (QED) is 0.724. The number of carbonyl (C=O) groups excluding carboxylic acids is 1. The molecular formula is C13H24FNO. The Hall–Kier alpha value is -0.600. The van der Waals surface area contributed by atoms with Gasteiger partial charge in [0.2, 0.25) is 0 Å². The van der Waals surface area contributed by atoms with Gasteiger partial charge in [-0.15, -0.1) is 0 Å². The molecule has 0 radical (unpaired) electrons. The maximum Gasteiger partial charge on any atom is 0.259 e. The molecule has 1 fully saturated rings. The van der Waals surface area contributed by atoms with Crippen molar-refractivity contribution in [1.29, 1.82) is 0 Å². The van der Waals surface area contributed by atoms with Gasteiger partial charge in [0, 0.05) is 13.1 Å². The molecular weight excluding hydrogens is 205 g/mol. The first-order valence-electron chi connectivity index (χ1n) is 6.45. The van der Waals surface area contributed by atoms with Crippen molar-refractivity contribution in [2.75, 3.05) is 7.05 Å². The smallest absolute Gasteiger partial charge is 0.259 e. The molecule has 0 aromatic rings. The van der Waals surface area contributed by atoms with Gasteiger partial charge in [-0.1, -0.05) is 32.6 Å². The fraction of sp³-hybridized carbons (Fsp3) is 0.923. The van der Waals surface area contributed by atoms with E-state index in [1.54, 1.807) is 11.9 Å². The predicted molar refractivity (Wildman–Crippen MR) is 64.1 cm³/mol. The van der Waals surface area contributed by atoms with E-state index in [9.17, 15) is 9.18 Å². The molecule has 16 heavy (non-hydrogen) atoms. The van der Waals surface area contributed by atoms with Crippen LogP contribution in [-0.4, -0.2) is 29.6 Å². The van der Waals surface area contributed by atoms with Crippen molar-refractivity contribution in [3.63, 3.8) is 0 Å². The van der Waals surface area contributed by atoms with Crippen LogP contribution in [-0.2, 0) is 4.79 Å². The topological polar surface area (TPSA) is 20.3 Å². The minimum Gasteiger partial charge on any atom is -0.340 e. The molecule has 0 saturated heterocycles. The third-order valence-corrected chi connectivity index (χ3v) is 3.61. The highest BCUT2D eigenvalue weighted by Gasteiger charge is 2.36. The Morgan fingerprint density at radius 2 is 1.94 bits per heavy atom. The predicted octanol–water partition coefficient (Wildman–Crippen LogP) is 3.31. The Bertz CT molecular complexity index is 234. The highest BCUT2D eigenvalue weighted by molar-refractivity contribution is 5.84. The lowest BCUT2D eigenvalue weighted by Crippen LogP contribution is -2.47. The van der Waals surface area contributed by atoms with E-state index in [0.717, 1.165) is 12.8 Å². The van der Waals surface area contributed by atoms with Crippen molar-refractivity contribution in [3.8, 4) is 0 Å². The van der Waals surface area contributed by atoms with E-state index in [1.165, 1.54) is 26.2 Å². The van der Waals surface area contributed by atoms with Crippen LogP contribution in [0.15, 0.2) is 0 Å². The Morgan fingerprint density at radius 3 is 2.44 bits per heavy atom. The van der Waals surface area contributed by atoms with E-state index in [4.69, 9.17) is 0 Å². The lowest BCUT2D eigenvalue weighted by Gasteiger charge is -2.34. The summed E-state index contributed by atoms with van der Waals surface area (Å²) in [5.74, 6) is -0.332. The van der Waals surface area contributed by atoms with Crippen LogP contribution in [0, 0.1) is 0 Å². The number of halogens is 1. The molecule has 1 amide bonds. The highest BCUT2D eigenvalue weighted by Crippen LogP contribution is 2.26. The minimum absolute atomic E-state index is 0.258. The lowest BCUT2D eigenvalue weighted by molar-refractivity contribution is -0.144. The van der Waals surface area contributed by atoms with E-state index in [2.05, 4.69) is 0 Å². The fourth-order valence-electron chi connectivity index (χ4n) is 2.58. The second-order valence-corrected chi connectivity index (χ2v) is 5.16. The summed E-state index contributed by atoms with van der Waals surface area (Å²) >= 11 is 0. The van der Waals surface area contributed by atoms with Crippen LogP contribution in [0.4, 0.5) is 4.39 Å². The van der Waals surface area contributed by atoms with Gasteiger partial charge in [0.05, 0.1) is 0 Å². The molecule has 0 heterocycles. The summed E-state index contributed by atoms with van der Waals surface area (Å²) in [4.78, 5) is 13.7. The second-order valence-electron chi connectivity index (χ2n) is 5.16. The SMILES string of the molecule is CCCC(C)(F)C(=O)N(C)C1CCCCC1. The summed E-state index contributed by atoms with van der Waals surface area (Å²) in [6.07, 6.45) is 6.67. The molecule has 1 atom stereocenters. The molecule has 3 heteroatoms. The van der Waals surface area contributed by atoms with Gasteiger partial charge in [-0.2, -0.15) is 0 Å². The zero-order valence-electron chi connectivity index (χ0n) is 10.8. The number of carbonyl (C=O) groups is 1. The summed E-state index contributed by atoms with van der Waals surface area (Å²) in [5, 5.41) is 0. The molecule has 0 bridgehead atoms. The van der Waals surface area contributed by atoms with Crippen LogP contribution >= 0.6 is 0 Å². The van der Waals surface area contributed by atoms with Crippen molar-refractivity contribution in [2.45, 2.75) is 70.5 Å². The van der Waals surface area contributed by atoms with Gasteiger partial charge in [-0.25, -0.2) is 4.39 Å². The fourth-order valence-corrected chi connectivity index (χ4v) is 2.58. The Balaban J connectivity index is 2.57. The van der Waals surface area contributed by atoms with E-state index < -0.39 is 5.67 Å². The summed E-state index contributed by atoms with van der Waals surface area (Å²) < 4.78 is 14.1. The number of nitrogens with zero attached hydrogens (tertiary/aromatic N) is 1. The molecule has 0 aliphatic heterocycles. The number of rotatable bonds is 4. The van der Waals surface area contributed by atoms with Gasteiger partial charge in [0.25, 0.3) is 5.91 Å². The van der Waals surface area contributed by atoms with Gasteiger partial charge < -0.3 is 4.90 Å². The number of hydrogen-bond donors (Lipinski definition) is 0. The Morgan fingerprint density at radius 1 is 1.38 bits per heavy atom. The van der Waals surface area contributed by atoms with E-state index in [0.29, 0.717) is 12.8 Å². The maximum absolute atomic E-state index is 14.1. The molecule has 1 unspecified atom stereocenters. The third kappa shape index (κ3) is 3.19. The Kier molecular flexibility index (Phi) is 4.75. The average molecular weight is 229 g/mol. The Labute approximate surface area is 98.2 Å². The molecule has 1 rings (SSSR count). The van der Waals surface area contributed by atoms with Gasteiger partial charge >= 0.3 is 0 Å². The molecule has 1 aliphatic rings. The van der Waals surface area contributed by atoms with Crippen molar-refractivity contribution >= 4 is 5.91 Å². The van der Waals surface area contributed by atoms with Crippen molar-refractivity contribution in [1.82, 2.24) is 4.90 Å². The molecule has 0 aromatic heterocycles. The average Bonchev–Trinajstić information content (AvgIpc) is 2.28. The number of hydrogen-bond acceptors (Lipinski definition) is 1. The monoisotopic (exact) mass is 229 g/mol. The summed E-state index contributed by atoms with van der Waals surface area (Å²) in [5.41, 5.74) is -1.68. The van der Waals surface area contributed by atoms with Crippen LogP contribution < -0.4 is 0 Å². The van der Waals surface area contributed by atoms with Crippen LogP contribution in [0.25, 0.3) is 0 Å². The lowest BCUT2D eigenvalue weighted by atomic mass is 9.92. The largest absolute Gasteiger partial charge is 0.340 e. The molecule has 0 N–H and O–H groups in total. The first kappa shape index (κ1) is 13.5. The number of alkyl halides is 1. The minimum atomic E-state index is -1.68. The number of amides is 1. The standard InChI is InChI=1S/C13H24FNO/c1-4-10-13(2,14)12(16)15(3)11-8-6-5-7-9-11/h11H,4-10H2,1-3H3. The van der Waals surface area contributed by atoms with E-state index in [1.807, 2.05) is 6.92 Å².